The van der Waals surface area contributed by atoms with Gasteiger partial charge in [0.1, 0.15) is 0 Å². The fraction of sp³-hybridized carbons (Fsp3) is 0.625. The minimum atomic E-state index is 0.109. The van der Waals surface area contributed by atoms with E-state index in [0.29, 0.717) is 6.04 Å². The molecular formula is C16H26N2O2. The number of aliphatic hydroxyl groups excluding tert-OH is 1. The van der Waals surface area contributed by atoms with Crippen LogP contribution in [0.25, 0.3) is 0 Å². The zero-order chi connectivity index (χ0) is 14.4. The first-order valence-corrected chi connectivity index (χ1v) is 7.46. The van der Waals surface area contributed by atoms with Crippen LogP contribution in [0.3, 0.4) is 0 Å². The molecule has 3 atom stereocenters. The van der Waals surface area contributed by atoms with E-state index in [1.165, 1.54) is 5.56 Å². The number of nitrogens with zero attached hydrogens (tertiary/aromatic N) is 1. The monoisotopic (exact) mass is 278 g/mol. The molecule has 20 heavy (non-hydrogen) atoms. The lowest BCUT2D eigenvalue weighted by Gasteiger charge is -2.39. The summed E-state index contributed by atoms with van der Waals surface area (Å²) in [6.07, 6.45) is 0. The van der Waals surface area contributed by atoms with Crippen molar-refractivity contribution in [2.45, 2.75) is 32.0 Å². The van der Waals surface area contributed by atoms with Crippen LogP contribution in [-0.2, 0) is 4.74 Å². The zero-order valence-corrected chi connectivity index (χ0v) is 12.5. The fourth-order valence-corrected chi connectivity index (χ4v) is 2.91. The van der Waals surface area contributed by atoms with Crippen molar-refractivity contribution >= 4 is 0 Å². The molecule has 1 saturated heterocycles. The summed E-state index contributed by atoms with van der Waals surface area (Å²) in [5, 5.41) is 12.7. The van der Waals surface area contributed by atoms with E-state index in [0.717, 1.165) is 26.3 Å². The molecule has 0 spiro atoms. The quantitative estimate of drug-likeness (QED) is 0.826. The van der Waals surface area contributed by atoms with Crippen LogP contribution in [0.15, 0.2) is 30.3 Å². The molecule has 0 saturated carbocycles. The minimum Gasteiger partial charge on any atom is -0.395 e. The zero-order valence-electron chi connectivity index (χ0n) is 12.5. The molecular weight excluding hydrogens is 252 g/mol. The van der Waals surface area contributed by atoms with Crippen molar-refractivity contribution in [1.29, 1.82) is 0 Å². The maximum Gasteiger partial charge on any atom is 0.0594 e. The molecule has 0 radical (unpaired) electrons. The van der Waals surface area contributed by atoms with Crippen molar-refractivity contribution in [1.82, 2.24) is 10.2 Å². The first kappa shape index (κ1) is 15.4. The van der Waals surface area contributed by atoms with Crippen molar-refractivity contribution < 1.29 is 9.84 Å². The molecule has 1 aromatic carbocycles. The van der Waals surface area contributed by atoms with Crippen molar-refractivity contribution in [3.8, 4) is 0 Å². The molecule has 4 nitrogen and oxygen atoms in total. The van der Waals surface area contributed by atoms with Gasteiger partial charge in [-0.15, -0.1) is 0 Å². The Labute approximate surface area is 121 Å². The van der Waals surface area contributed by atoms with E-state index in [9.17, 15) is 5.11 Å². The number of nitrogens with one attached hydrogen (secondary N) is 1. The number of ether oxygens (including phenoxy) is 1. The number of morpholine rings is 1. The third-order valence-electron chi connectivity index (χ3n) is 3.88. The third-order valence-corrected chi connectivity index (χ3v) is 3.88. The first-order chi connectivity index (χ1) is 9.72. The summed E-state index contributed by atoms with van der Waals surface area (Å²) < 4.78 is 5.47. The third kappa shape index (κ3) is 4.03. The summed E-state index contributed by atoms with van der Waals surface area (Å²) in [6, 6.07) is 11.3. The summed E-state index contributed by atoms with van der Waals surface area (Å²) in [5.74, 6) is 0. The van der Waals surface area contributed by atoms with Crippen molar-refractivity contribution in [2.75, 3.05) is 32.9 Å². The average molecular weight is 278 g/mol. The molecule has 112 valence electrons. The van der Waals surface area contributed by atoms with Crippen molar-refractivity contribution in [3.05, 3.63) is 35.9 Å². The van der Waals surface area contributed by atoms with Crippen LogP contribution < -0.4 is 5.32 Å². The number of hydrogen-bond donors (Lipinski definition) is 2. The Morgan fingerprint density at radius 3 is 2.45 bits per heavy atom. The second kappa shape index (κ2) is 7.74. The van der Waals surface area contributed by atoms with E-state index in [4.69, 9.17) is 4.74 Å². The van der Waals surface area contributed by atoms with Crippen LogP contribution in [0.5, 0.6) is 0 Å². The van der Waals surface area contributed by atoms with E-state index in [1.54, 1.807) is 0 Å². The van der Waals surface area contributed by atoms with Gasteiger partial charge in [-0.1, -0.05) is 30.3 Å². The predicted molar refractivity (Wildman–Crippen MR) is 80.7 cm³/mol. The molecule has 0 bridgehead atoms. The van der Waals surface area contributed by atoms with E-state index >= 15 is 0 Å². The lowest BCUT2D eigenvalue weighted by atomic mass is 9.97. The van der Waals surface area contributed by atoms with Crippen LogP contribution in [0.1, 0.15) is 25.5 Å². The molecule has 4 heteroatoms. The summed E-state index contributed by atoms with van der Waals surface area (Å²) in [7, 11) is 0. The van der Waals surface area contributed by atoms with Gasteiger partial charge in [-0.3, -0.25) is 4.90 Å². The molecule has 2 rings (SSSR count). The van der Waals surface area contributed by atoms with Gasteiger partial charge in [0.05, 0.1) is 25.9 Å². The highest BCUT2D eigenvalue weighted by Gasteiger charge is 2.28. The molecule has 0 aliphatic carbocycles. The standard InChI is InChI=1S/C16H26N2O2/c1-13(12-19)17-14(2)16(15-6-4-3-5-7-15)18-8-10-20-11-9-18/h3-7,13-14,16-17,19H,8-12H2,1-2H3/t13-,14?,16?/m1/s1. The van der Waals surface area contributed by atoms with Crippen LogP contribution in [-0.4, -0.2) is 55.0 Å². The van der Waals surface area contributed by atoms with Gasteiger partial charge in [-0.25, -0.2) is 0 Å². The molecule has 1 heterocycles. The largest absolute Gasteiger partial charge is 0.395 e. The Morgan fingerprint density at radius 1 is 1.20 bits per heavy atom. The Balaban J connectivity index is 2.14. The minimum absolute atomic E-state index is 0.109. The summed E-state index contributed by atoms with van der Waals surface area (Å²) in [4.78, 5) is 2.47. The van der Waals surface area contributed by atoms with Gasteiger partial charge < -0.3 is 15.2 Å². The van der Waals surface area contributed by atoms with Crippen molar-refractivity contribution in [2.24, 2.45) is 0 Å². The van der Waals surface area contributed by atoms with E-state index in [1.807, 2.05) is 13.0 Å². The maximum atomic E-state index is 9.25. The van der Waals surface area contributed by atoms with Gasteiger partial charge in [-0.2, -0.15) is 0 Å². The summed E-state index contributed by atoms with van der Waals surface area (Å²) >= 11 is 0. The second-order valence-corrected chi connectivity index (χ2v) is 5.54. The molecule has 0 amide bonds. The van der Waals surface area contributed by atoms with E-state index < -0.39 is 0 Å². The lowest BCUT2D eigenvalue weighted by Crippen LogP contribution is -2.49. The van der Waals surface area contributed by atoms with E-state index in [2.05, 4.69) is 41.4 Å². The Bertz CT molecular complexity index is 379. The fourth-order valence-electron chi connectivity index (χ4n) is 2.91. The normalized spacial score (nSPS) is 21.4. The Kier molecular flexibility index (Phi) is 5.98. The summed E-state index contributed by atoms with van der Waals surface area (Å²) in [5.41, 5.74) is 1.32. The van der Waals surface area contributed by atoms with Crippen LogP contribution >= 0.6 is 0 Å². The van der Waals surface area contributed by atoms with Crippen LogP contribution in [0, 0.1) is 0 Å². The number of rotatable bonds is 6. The summed E-state index contributed by atoms with van der Waals surface area (Å²) in [6.45, 7) is 7.88. The van der Waals surface area contributed by atoms with Gasteiger partial charge in [0.15, 0.2) is 0 Å². The van der Waals surface area contributed by atoms with Gasteiger partial charge in [0, 0.05) is 25.2 Å². The molecule has 1 aliphatic heterocycles. The molecule has 1 aromatic rings. The van der Waals surface area contributed by atoms with Crippen LogP contribution in [0.4, 0.5) is 0 Å². The molecule has 1 aliphatic rings. The molecule has 1 fully saturated rings. The molecule has 2 N–H and O–H groups in total. The van der Waals surface area contributed by atoms with Gasteiger partial charge in [0.2, 0.25) is 0 Å². The van der Waals surface area contributed by atoms with Crippen molar-refractivity contribution in [3.63, 3.8) is 0 Å². The average Bonchev–Trinajstić information content (AvgIpc) is 2.49. The highest BCUT2D eigenvalue weighted by Crippen LogP contribution is 2.25. The Hall–Kier alpha value is -0.940. The predicted octanol–water partition coefficient (Wildman–Crippen LogP) is 1.42. The highest BCUT2D eigenvalue weighted by atomic mass is 16.5. The molecule has 0 aromatic heterocycles. The van der Waals surface area contributed by atoms with Gasteiger partial charge >= 0.3 is 0 Å². The SMILES string of the molecule is CC(N[C@H](C)CO)C(c1ccccc1)N1CCOCC1. The Morgan fingerprint density at radius 2 is 1.85 bits per heavy atom. The van der Waals surface area contributed by atoms with Gasteiger partial charge in [0.25, 0.3) is 0 Å². The second-order valence-electron chi connectivity index (χ2n) is 5.54. The smallest absolute Gasteiger partial charge is 0.0594 e. The number of aliphatic hydroxyl groups is 1. The number of hydrogen-bond acceptors (Lipinski definition) is 4. The van der Waals surface area contributed by atoms with Crippen LogP contribution in [0.2, 0.25) is 0 Å². The number of benzene rings is 1. The topological polar surface area (TPSA) is 44.7 Å². The highest BCUT2D eigenvalue weighted by molar-refractivity contribution is 5.21. The maximum absolute atomic E-state index is 9.25. The molecule has 2 unspecified atom stereocenters. The lowest BCUT2D eigenvalue weighted by molar-refractivity contribution is 0.00728. The first-order valence-electron chi connectivity index (χ1n) is 7.46. The van der Waals surface area contributed by atoms with E-state index in [-0.39, 0.29) is 18.7 Å². The van der Waals surface area contributed by atoms with Gasteiger partial charge in [-0.05, 0) is 19.4 Å².